The first-order valence-electron chi connectivity index (χ1n) is 13.5. The SMILES string of the molecule is CCOC(=O)C(Cc1ccc(Cl)cc1)NC(=O)C1CC=CCC1C(=O)N1CCC(C#N)(c2ccccc2)CC1. The Bertz CT molecular complexity index is 1230. The van der Waals surface area contributed by atoms with Crippen LogP contribution in [0.2, 0.25) is 5.02 Å². The molecule has 2 aromatic carbocycles. The van der Waals surface area contributed by atoms with Crippen LogP contribution in [-0.2, 0) is 31.0 Å². The molecule has 204 valence electrons. The van der Waals surface area contributed by atoms with Crippen molar-refractivity contribution in [2.45, 2.75) is 50.5 Å². The molecule has 1 heterocycles. The molecule has 0 radical (unpaired) electrons. The monoisotopic (exact) mass is 547 g/mol. The van der Waals surface area contributed by atoms with Crippen molar-refractivity contribution in [2.75, 3.05) is 19.7 Å². The third-order valence-electron chi connectivity index (χ3n) is 7.80. The van der Waals surface area contributed by atoms with E-state index in [0.717, 1.165) is 11.1 Å². The molecule has 1 N–H and O–H groups in total. The molecule has 3 atom stereocenters. The highest BCUT2D eigenvalue weighted by atomic mass is 35.5. The lowest BCUT2D eigenvalue weighted by Crippen LogP contribution is -2.52. The van der Waals surface area contributed by atoms with Gasteiger partial charge in [-0.2, -0.15) is 5.26 Å². The number of carbonyl (C=O) groups excluding carboxylic acids is 3. The van der Waals surface area contributed by atoms with Crippen LogP contribution in [0.15, 0.2) is 66.7 Å². The molecule has 1 aliphatic heterocycles. The standard InChI is InChI=1S/C31H34ClN3O4/c1-2-39-30(38)27(20-22-12-14-24(32)15-13-22)34-28(36)25-10-6-7-11-26(25)29(37)35-18-16-31(21-33,17-19-35)23-8-4-3-5-9-23/h3-9,12-15,25-27H,2,10-11,16-20H2,1H3,(H,34,36). The van der Waals surface area contributed by atoms with Gasteiger partial charge in [-0.1, -0.05) is 66.2 Å². The number of allylic oxidation sites excluding steroid dienone is 2. The highest BCUT2D eigenvalue weighted by molar-refractivity contribution is 6.30. The van der Waals surface area contributed by atoms with Crippen molar-refractivity contribution in [1.82, 2.24) is 10.2 Å². The van der Waals surface area contributed by atoms with Gasteiger partial charge in [-0.05, 0) is 55.9 Å². The second-order valence-electron chi connectivity index (χ2n) is 10.2. The highest BCUT2D eigenvalue weighted by Crippen LogP contribution is 2.36. The van der Waals surface area contributed by atoms with Crippen molar-refractivity contribution >= 4 is 29.4 Å². The summed E-state index contributed by atoms with van der Waals surface area (Å²) in [7, 11) is 0. The summed E-state index contributed by atoms with van der Waals surface area (Å²) in [6.45, 7) is 2.83. The molecule has 2 amide bonds. The number of halogens is 1. The summed E-state index contributed by atoms with van der Waals surface area (Å²) in [6.07, 6.45) is 6.07. The van der Waals surface area contributed by atoms with E-state index in [-0.39, 0.29) is 24.8 Å². The van der Waals surface area contributed by atoms with Crippen LogP contribution in [0.3, 0.4) is 0 Å². The van der Waals surface area contributed by atoms with Crippen LogP contribution in [-0.4, -0.2) is 48.4 Å². The van der Waals surface area contributed by atoms with Gasteiger partial charge in [0, 0.05) is 24.5 Å². The molecular formula is C31H34ClN3O4. The summed E-state index contributed by atoms with van der Waals surface area (Å²) in [6, 6.07) is 18.4. The maximum absolute atomic E-state index is 13.7. The van der Waals surface area contributed by atoms with Gasteiger partial charge < -0.3 is 15.0 Å². The Morgan fingerprint density at radius 3 is 2.31 bits per heavy atom. The number of esters is 1. The van der Waals surface area contributed by atoms with Crippen molar-refractivity contribution in [1.29, 1.82) is 5.26 Å². The van der Waals surface area contributed by atoms with E-state index in [1.165, 1.54) is 0 Å². The molecular weight excluding hydrogens is 514 g/mol. The van der Waals surface area contributed by atoms with E-state index in [1.807, 2.05) is 54.6 Å². The fourth-order valence-electron chi connectivity index (χ4n) is 5.51. The Balaban J connectivity index is 1.44. The Morgan fingerprint density at radius 1 is 1.05 bits per heavy atom. The molecule has 1 saturated heterocycles. The number of likely N-dealkylation sites (tertiary alicyclic amines) is 1. The summed E-state index contributed by atoms with van der Waals surface area (Å²) in [5.41, 5.74) is 1.19. The lowest BCUT2D eigenvalue weighted by Gasteiger charge is -2.40. The summed E-state index contributed by atoms with van der Waals surface area (Å²) in [5.74, 6) is -2.05. The number of carbonyl (C=O) groups is 3. The summed E-state index contributed by atoms with van der Waals surface area (Å²) >= 11 is 5.99. The third-order valence-corrected chi connectivity index (χ3v) is 8.05. The normalized spacial score (nSPS) is 20.9. The van der Waals surface area contributed by atoms with Gasteiger partial charge in [-0.15, -0.1) is 0 Å². The zero-order valence-electron chi connectivity index (χ0n) is 22.1. The van der Waals surface area contributed by atoms with Gasteiger partial charge in [-0.25, -0.2) is 4.79 Å². The minimum Gasteiger partial charge on any atom is -0.464 e. The predicted octanol–water partition coefficient (Wildman–Crippen LogP) is 4.60. The van der Waals surface area contributed by atoms with Crippen molar-refractivity contribution in [3.05, 3.63) is 82.9 Å². The minimum atomic E-state index is -0.877. The molecule has 2 aromatic rings. The van der Waals surface area contributed by atoms with E-state index in [1.54, 1.807) is 24.0 Å². The zero-order valence-corrected chi connectivity index (χ0v) is 22.9. The average Bonchev–Trinajstić information content (AvgIpc) is 2.98. The number of ether oxygens (including phenoxy) is 1. The van der Waals surface area contributed by atoms with E-state index < -0.39 is 29.3 Å². The molecule has 0 saturated carbocycles. The summed E-state index contributed by atoms with van der Waals surface area (Å²) in [5, 5.41) is 13.5. The number of hydrogen-bond donors (Lipinski definition) is 1. The first-order valence-corrected chi connectivity index (χ1v) is 13.9. The predicted molar refractivity (Wildman–Crippen MR) is 149 cm³/mol. The zero-order chi connectivity index (χ0) is 27.8. The number of hydrogen-bond acceptors (Lipinski definition) is 5. The number of amides is 2. The van der Waals surface area contributed by atoms with E-state index in [0.29, 0.717) is 43.8 Å². The first kappa shape index (κ1) is 28.4. The number of rotatable bonds is 8. The smallest absolute Gasteiger partial charge is 0.328 e. The molecule has 2 aliphatic rings. The quantitative estimate of drug-likeness (QED) is 0.385. The number of benzene rings is 2. The van der Waals surface area contributed by atoms with Crippen molar-refractivity contribution in [2.24, 2.45) is 11.8 Å². The Kier molecular flexibility index (Phi) is 9.42. The van der Waals surface area contributed by atoms with Crippen LogP contribution in [0.25, 0.3) is 0 Å². The second kappa shape index (κ2) is 12.9. The Morgan fingerprint density at radius 2 is 1.69 bits per heavy atom. The summed E-state index contributed by atoms with van der Waals surface area (Å²) < 4.78 is 5.23. The van der Waals surface area contributed by atoms with Gasteiger partial charge in [-0.3, -0.25) is 9.59 Å². The molecule has 0 bridgehead atoms. The average molecular weight is 548 g/mol. The number of nitrogens with one attached hydrogen (secondary N) is 1. The number of nitrogens with zero attached hydrogens (tertiary/aromatic N) is 2. The fraction of sp³-hybridized carbons (Fsp3) is 0.419. The van der Waals surface area contributed by atoms with E-state index in [4.69, 9.17) is 16.3 Å². The van der Waals surface area contributed by atoms with E-state index in [2.05, 4.69) is 11.4 Å². The second-order valence-corrected chi connectivity index (χ2v) is 10.6. The lowest BCUT2D eigenvalue weighted by molar-refractivity contribution is -0.149. The minimum absolute atomic E-state index is 0.0792. The van der Waals surface area contributed by atoms with Crippen LogP contribution >= 0.6 is 11.6 Å². The van der Waals surface area contributed by atoms with Gasteiger partial charge in [0.1, 0.15) is 6.04 Å². The van der Waals surface area contributed by atoms with Crippen molar-refractivity contribution < 1.29 is 19.1 Å². The molecule has 8 heteroatoms. The fourth-order valence-corrected chi connectivity index (χ4v) is 5.64. The largest absolute Gasteiger partial charge is 0.464 e. The van der Waals surface area contributed by atoms with Crippen LogP contribution in [0.5, 0.6) is 0 Å². The van der Waals surface area contributed by atoms with Crippen LogP contribution < -0.4 is 5.32 Å². The van der Waals surface area contributed by atoms with Crippen LogP contribution in [0, 0.1) is 23.2 Å². The molecule has 39 heavy (non-hydrogen) atoms. The van der Waals surface area contributed by atoms with Crippen molar-refractivity contribution in [3.63, 3.8) is 0 Å². The molecule has 0 aromatic heterocycles. The summed E-state index contributed by atoms with van der Waals surface area (Å²) in [4.78, 5) is 41.7. The van der Waals surface area contributed by atoms with E-state index in [9.17, 15) is 19.6 Å². The maximum atomic E-state index is 13.7. The molecule has 1 fully saturated rings. The molecule has 7 nitrogen and oxygen atoms in total. The van der Waals surface area contributed by atoms with Crippen LogP contribution in [0.1, 0.15) is 43.7 Å². The topological polar surface area (TPSA) is 99.5 Å². The Hall–Kier alpha value is -3.63. The number of piperidine rings is 1. The molecule has 3 unspecified atom stereocenters. The van der Waals surface area contributed by atoms with Gasteiger partial charge >= 0.3 is 5.97 Å². The molecule has 1 aliphatic carbocycles. The van der Waals surface area contributed by atoms with E-state index >= 15 is 0 Å². The Labute approximate surface area is 234 Å². The third kappa shape index (κ3) is 6.69. The highest BCUT2D eigenvalue weighted by Gasteiger charge is 2.42. The van der Waals surface area contributed by atoms with Crippen molar-refractivity contribution in [3.8, 4) is 6.07 Å². The van der Waals surface area contributed by atoms with Crippen LogP contribution in [0.4, 0.5) is 0 Å². The molecule has 0 spiro atoms. The first-order chi connectivity index (χ1) is 18.9. The van der Waals surface area contributed by atoms with Gasteiger partial charge in [0.15, 0.2) is 0 Å². The van der Waals surface area contributed by atoms with Gasteiger partial charge in [0.05, 0.1) is 29.9 Å². The maximum Gasteiger partial charge on any atom is 0.328 e. The van der Waals surface area contributed by atoms with Gasteiger partial charge in [0.25, 0.3) is 0 Å². The lowest BCUT2D eigenvalue weighted by atomic mass is 9.73. The number of nitriles is 1. The van der Waals surface area contributed by atoms with Gasteiger partial charge in [0.2, 0.25) is 11.8 Å². The molecule has 4 rings (SSSR count).